The van der Waals surface area contributed by atoms with Crippen LogP contribution in [-0.4, -0.2) is 0 Å². The van der Waals surface area contributed by atoms with Crippen LogP contribution in [0.25, 0.3) is 21.5 Å². The molecule has 4 rings (SSSR count). The fourth-order valence-corrected chi connectivity index (χ4v) is 5.17. The van der Waals surface area contributed by atoms with Crippen molar-refractivity contribution in [2.45, 2.75) is 105 Å². The van der Waals surface area contributed by atoms with Gasteiger partial charge in [-0.1, -0.05) is 104 Å². The Morgan fingerprint density at radius 1 is 0.568 bits per heavy atom. The van der Waals surface area contributed by atoms with Gasteiger partial charge in [-0.3, -0.25) is 0 Å². The zero-order valence-corrected chi connectivity index (χ0v) is 26.6. The number of rotatable bonds is 12. The Hall–Kier alpha value is -1.05. The Kier molecular flexibility index (Phi) is 16.6. The summed E-state index contributed by atoms with van der Waals surface area (Å²) < 4.78 is 0. The first-order valence-electron chi connectivity index (χ1n) is 14.4. The molecule has 202 valence electrons. The van der Waals surface area contributed by atoms with Gasteiger partial charge in [0.05, 0.1) is 0 Å². The van der Waals surface area contributed by atoms with E-state index in [0.29, 0.717) is 0 Å². The van der Waals surface area contributed by atoms with Crippen LogP contribution in [-0.2, 0) is 42.7 Å². The molecule has 0 aromatic heterocycles. The topological polar surface area (TPSA) is 0 Å². The van der Waals surface area contributed by atoms with Crippen molar-refractivity contribution in [3.63, 3.8) is 0 Å². The molecule has 0 spiro atoms. The van der Waals surface area contributed by atoms with Crippen LogP contribution in [0, 0.1) is 0 Å². The minimum absolute atomic E-state index is 0.556. The van der Waals surface area contributed by atoms with E-state index in [9.17, 15) is 0 Å². The van der Waals surface area contributed by atoms with E-state index in [0.717, 1.165) is 0 Å². The van der Waals surface area contributed by atoms with Crippen LogP contribution in [0.2, 0.25) is 0 Å². The predicted molar refractivity (Wildman–Crippen MR) is 165 cm³/mol. The van der Waals surface area contributed by atoms with Crippen molar-refractivity contribution in [2.75, 3.05) is 0 Å². The van der Waals surface area contributed by atoms with Crippen LogP contribution in [0.3, 0.4) is 0 Å². The molecule has 4 aromatic carbocycles. The summed E-state index contributed by atoms with van der Waals surface area (Å²) in [6.07, 6.45) is 15.4. The summed E-state index contributed by atoms with van der Waals surface area (Å²) in [5.41, 5.74) is 6.44. The van der Waals surface area contributed by atoms with Crippen molar-refractivity contribution < 1.29 is 17.0 Å². The number of aryl methyl sites for hydroxylation is 4. The van der Waals surface area contributed by atoms with Gasteiger partial charge in [-0.25, -0.2) is 0 Å². The van der Waals surface area contributed by atoms with Gasteiger partial charge in [0, 0.05) is 0 Å². The predicted octanol–water partition coefficient (Wildman–Crippen LogP) is 11.9. The quantitative estimate of drug-likeness (QED) is 0.117. The molecule has 3 heteroatoms. The first-order chi connectivity index (χ1) is 18.1. The molecule has 37 heavy (non-hydrogen) atoms. The van der Waals surface area contributed by atoms with E-state index in [1.165, 1.54) is 98.6 Å². The van der Waals surface area contributed by atoms with Crippen molar-refractivity contribution in [1.82, 2.24) is 0 Å². The van der Waals surface area contributed by atoms with Crippen molar-refractivity contribution in [3.05, 3.63) is 82.9 Å². The number of hydrogen-bond donors (Lipinski definition) is 0. The third kappa shape index (κ3) is 10.2. The first-order valence-corrected chi connectivity index (χ1v) is 18.7. The number of benzene rings is 2. The molecule has 0 radical (unpaired) electrons. The molecule has 0 fully saturated rings. The molecule has 0 aliphatic rings. The summed E-state index contributed by atoms with van der Waals surface area (Å²) >= 11 is -0.556. The van der Waals surface area contributed by atoms with Crippen molar-refractivity contribution in [1.29, 1.82) is 0 Å². The Balaban J connectivity index is 0.000000235. The van der Waals surface area contributed by atoms with E-state index in [1.807, 2.05) is 0 Å². The molecule has 0 N–H and O–H groups in total. The second-order valence-electron chi connectivity index (χ2n) is 9.96. The Bertz CT molecular complexity index is 1050. The van der Waals surface area contributed by atoms with Gasteiger partial charge in [-0.15, -0.1) is 80.2 Å². The standard InChI is InChI=1S/2C17H23.2ClH.Ti/c2*1-3-5-9-14-13-15-10-7-8-12-17(15)16(14)11-6-4-2;;;/h2*7-8,10,12-13H,3-6,9,11H2,1-2H3;2*1H;/q2*-1;;;+2/p-2. The van der Waals surface area contributed by atoms with Crippen LogP contribution >= 0.6 is 18.6 Å². The second kappa shape index (κ2) is 19.1. The van der Waals surface area contributed by atoms with E-state index in [2.05, 4.69) is 88.4 Å². The van der Waals surface area contributed by atoms with Crippen LogP contribution in [0.4, 0.5) is 0 Å². The molecule has 0 bridgehead atoms. The molecule has 0 aliphatic heterocycles. The molecule has 0 saturated heterocycles. The summed E-state index contributed by atoms with van der Waals surface area (Å²) in [7, 11) is 9.78. The molecule has 0 saturated carbocycles. The van der Waals surface area contributed by atoms with Crippen LogP contribution in [0.1, 0.15) is 101 Å². The van der Waals surface area contributed by atoms with Gasteiger partial charge < -0.3 is 0 Å². The van der Waals surface area contributed by atoms with Gasteiger partial charge in [0.1, 0.15) is 0 Å². The summed E-state index contributed by atoms with van der Waals surface area (Å²) in [4.78, 5) is 0. The Morgan fingerprint density at radius 2 is 0.919 bits per heavy atom. The van der Waals surface area contributed by atoms with Crippen molar-refractivity contribution in [3.8, 4) is 0 Å². The molecule has 0 amide bonds. The van der Waals surface area contributed by atoms with E-state index in [-0.39, 0.29) is 0 Å². The first kappa shape index (κ1) is 32.2. The molecule has 0 aliphatic carbocycles. The van der Waals surface area contributed by atoms with E-state index < -0.39 is 17.0 Å². The van der Waals surface area contributed by atoms with E-state index in [1.54, 1.807) is 22.3 Å². The monoisotopic (exact) mass is 572 g/mol. The molecular weight excluding hydrogens is 527 g/mol. The Labute approximate surface area is 243 Å². The van der Waals surface area contributed by atoms with Gasteiger partial charge in [0.2, 0.25) is 0 Å². The number of hydrogen-bond acceptors (Lipinski definition) is 0. The zero-order valence-electron chi connectivity index (χ0n) is 23.5. The zero-order chi connectivity index (χ0) is 26.9. The number of unbranched alkanes of at least 4 members (excludes halogenated alkanes) is 4. The average Bonchev–Trinajstić information content (AvgIpc) is 3.46. The van der Waals surface area contributed by atoms with Gasteiger partial charge in [0.25, 0.3) is 0 Å². The summed E-state index contributed by atoms with van der Waals surface area (Å²) in [6.45, 7) is 9.09. The molecule has 4 aromatic rings. The molecule has 0 nitrogen and oxygen atoms in total. The van der Waals surface area contributed by atoms with Crippen molar-refractivity contribution >= 4 is 40.2 Å². The molecule has 0 unspecified atom stereocenters. The van der Waals surface area contributed by atoms with Crippen molar-refractivity contribution in [2.24, 2.45) is 0 Å². The second-order valence-corrected chi connectivity index (χ2v) is 12.5. The summed E-state index contributed by atoms with van der Waals surface area (Å²) in [5.74, 6) is 0. The fraction of sp³-hybridized carbons (Fsp3) is 0.471. The van der Waals surface area contributed by atoms with E-state index in [4.69, 9.17) is 18.6 Å². The SMILES string of the molecule is CCCCc1cc2ccccc2[c-]1CCCC.CCCCc1cc2ccccc2[c-]1CCCC.[Cl][Ti][Cl]. The third-order valence-electron chi connectivity index (χ3n) is 7.17. The summed E-state index contributed by atoms with van der Waals surface area (Å²) in [5, 5.41) is 5.86. The van der Waals surface area contributed by atoms with Crippen LogP contribution in [0.15, 0.2) is 60.7 Å². The summed E-state index contributed by atoms with van der Waals surface area (Å²) in [6, 6.07) is 22.5. The van der Waals surface area contributed by atoms with Gasteiger partial charge in [-0.05, 0) is 12.8 Å². The number of halogens is 2. The van der Waals surface area contributed by atoms with Gasteiger partial charge >= 0.3 is 35.6 Å². The molecule has 0 atom stereocenters. The fourth-order valence-electron chi connectivity index (χ4n) is 5.17. The normalized spacial score (nSPS) is 10.6. The minimum atomic E-state index is -0.556. The molecular formula is C34H46Cl2Ti-2. The maximum atomic E-state index is 4.89. The number of fused-ring (bicyclic) bond motifs is 2. The van der Waals surface area contributed by atoms with Gasteiger partial charge in [-0.2, -0.15) is 12.1 Å². The van der Waals surface area contributed by atoms with Crippen LogP contribution in [0.5, 0.6) is 0 Å². The third-order valence-corrected chi connectivity index (χ3v) is 7.17. The maximum absolute atomic E-state index is 4.89. The average molecular weight is 574 g/mol. The van der Waals surface area contributed by atoms with E-state index >= 15 is 0 Å². The van der Waals surface area contributed by atoms with Crippen LogP contribution < -0.4 is 0 Å². The van der Waals surface area contributed by atoms with Gasteiger partial charge in [0.15, 0.2) is 0 Å². The molecule has 0 heterocycles. The Morgan fingerprint density at radius 3 is 1.27 bits per heavy atom.